The van der Waals surface area contributed by atoms with E-state index in [0.29, 0.717) is 22.5 Å². The van der Waals surface area contributed by atoms with Gasteiger partial charge < -0.3 is 16.2 Å². The molecule has 0 unspecified atom stereocenters. The molecule has 0 saturated heterocycles. The number of nitrogens with one attached hydrogen (secondary N) is 2. The van der Waals surface area contributed by atoms with E-state index in [4.69, 9.17) is 11.1 Å². The number of nitrogens with two attached hydrogens (primary N) is 1. The van der Waals surface area contributed by atoms with Crippen LogP contribution in [-0.4, -0.2) is 28.4 Å². The van der Waals surface area contributed by atoms with Gasteiger partial charge in [-0.25, -0.2) is 0 Å². The molecule has 0 radical (unpaired) electrons. The number of aromatic nitrogens is 1. The van der Waals surface area contributed by atoms with E-state index in [-0.39, 0.29) is 17.5 Å². The second kappa shape index (κ2) is 8.29. The van der Waals surface area contributed by atoms with E-state index in [1.54, 1.807) is 36.5 Å². The second-order valence-electron chi connectivity index (χ2n) is 5.68. The summed E-state index contributed by atoms with van der Waals surface area (Å²) in [7, 11) is 0. The van der Waals surface area contributed by atoms with Gasteiger partial charge in [-0.2, -0.15) is 0 Å². The largest absolute Gasteiger partial charge is 0.507 e. The maximum absolute atomic E-state index is 12.3. The highest BCUT2D eigenvalue weighted by Gasteiger charge is 2.10. The molecule has 27 heavy (non-hydrogen) atoms. The number of carbonyl (C=O) groups is 1. The van der Waals surface area contributed by atoms with E-state index in [0.717, 1.165) is 10.6 Å². The van der Waals surface area contributed by atoms with E-state index in [2.05, 4.69) is 10.3 Å². The smallest absolute Gasteiger partial charge is 0.261 e. The van der Waals surface area contributed by atoms with E-state index < -0.39 is 0 Å². The number of amides is 1. The van der Waals surface area contributed by atoms with E-state index in [1.165, 1.54) is 17.4 Å². The molecule has 3 rings (SSSR count). The summed E-state index contributed by atoms with van der Waals surface area (Å²) in [5, 5.41) is 20.1. The van der Waals surface area contributed by atoms with Gasteiger partial charge in [-0.1, -0.05) is 18.2 Å². The number of thiophene rings is 1. The summed E-state index contributed by atoms with van der Waals surface area (Å²) >= 11 is 1.38. The number of hydrogen-bond donors (Lipinski definition) is 4. The minimum atomic E-state index is -0.173. The maximum Gasteiger partial charge on any atom is 0.261 e. The molecule has 0 spiro atoms. The lowest BCUT2D eigenvalue weighted by molar-refractivity contribution is 0.0962. The lowest BCUT2D eigenvalue weighted by Gasteiger charge is -2.03. The van der Waals surface area contributed by atoms with Crippen molar-refractivity contribution in [1.82, 2.24) is 10.3 Å². The molecule has 0 saturated carbocycles. The quantitative estimate of drug-likeness (QED) is 0.390. The standard InChI is InChI=1S/C20H18N4O2S/c21-19(22)14-6-7-16(25)13(12-14)4-3-11-24-20(26)18-9-8-17(27-18)15-5-1-2-10-23-15/h1-10,12,25H,11H2,(H3,21,22)(H,24,26). The number of phenolic OH excluding ortho intramolecular Hbond substituents is 1. The third-order valence-electron chi connectivity index (χ3n) is 3.76. The Balaban J connectivity index is 1.60. The van der Waals surface area contributed by atoms with Crippen LogP contribution in [0.4, 0.5) is 0 Å². The van der Waals surface area contributed by atoms with Crippen LogP contribution in [0.3, 0.4) is 0 Å². The number of aromatic hydroxyl groups is 1. The van der Waals surface area contributed by atoms with Gasteiger partial charge in [0.15, 0.2) is 0 Å². The van der Waals surface area contributed by atoms with Crippen molar-refractivity contribution in [3.05, 3.63) is 76.8 Å². The summed E-state index contributed by atoms with van der Waals surface area (Å²) in [4.78, 5) is 18.1. The molecule has 1 amide bonds. The van der Waals surface area contributed by atoms with Gasteiger partial charge in [0, 0.05) is 23.9 Å². The summed E-state index contributed by atoms with van der Waals surface area (Å²) in [6.45, 7) is 0.305. The van der Waals surface area contributed by atoms with Crippen molar-refractivity contribution in [2.45, 2.75) is 0 Å². The lowest BCUT2D eigenvalue weighted by Crippen LogP contribution is -2.22. The molecule has 1 aromatic carbocycles. The van der Waals surface area contributed by atoms with E-state index >= 15 is 0 Å². The minimum absolute atomic E-state index is 0.0700. The van der Waals surface area contributed by atoms with Crippen molar-refractivity contribution in [2.75, 3.05) is 6.54 Å². The number of carbonyl (C=O) groups excluding carboxylic acids is 1. The molecule has 0 bridgehead atoms. The number of amidine groups is 1. The van der Waals surface area contributed by atoms with Crippen LogP contribution in [0, 0.1) is 5.41 Å². The van der Waals surface area contributed by atoms with Gasteiger partial charge in [0.05, 0.1) is 15.4 Å². The van der Waals surface area contributed by atoms with Crippen LogP contribution in [0.15, 0.2) is 60.8 Å². The Morgan fingerprint density at radius 3 is 2.85 bits per heavy atom. The van der Waals surface area contributed by atoms with Crippen molar-refractivity contribution < 1.29 is 9.90 Å². The average molecular weight is 378 g/mol. The first-order valence-electron chi connectivity index (χ1n) is 8.18. The fourth-order valence-corrected chi connectivity index (χ4v) is 3.29. The van der Waals surface area contributed by atoms with Crippen LogP contribution in [0.2, 0.25) is 0 Å². The first-order valence-corrected chi connectivity index (χ1v) is 8.99. The van der Waals surface area contributed by atoms with Crippen molar-refractivity contribution in [3.8, 4) is 16.3 Å². The summed E-state index contributed by atoms with van der Waals surface area (Å²) in [5.74, 6) is -0.159. The highest BCUT2D eigenvalue weighted by molar-refractivity contribution is 7.17. The molecule has 2 aromatic heterocycles. The molecule has 7 heteroatoms. The molecule has 0 aliphatic rings. The van der Waals surface area contributed by atoms with Crippen molar-refractivity contribution in [2.24, 2.45) is 5.73 Å². The fraction of sp³-hybridized carbons (Fsp3) is 0.0500. The number of nitrogen functional groups attached to an aromatic ring is 1. The van der Waals surface area contributed by atoms with Gasteiger partial charge in [-0.3, -0.25) is 15.2 Å². The van der Waals surface area contributed by atoms with Crippen LogP contribution in [0.25, 0.3) is 16.6 Å². The molecule has 136 valence electrons. The molecule has 2 heterocycles. The number of pyridine rings is 1. The summed E-state index contributed by atoms with van der Waals surface area (Å²) in [5.41, 5.74) is 7.35. The van der Waals surface area contributed by atoms with Gasteiger partial charge >= 0.3 is 0 Å². The summed E-state index contributed by atoms with van der Waals surface area (Å²) in [6.07, 6.45) is 5.12. The molecule has 0 aliphatic carbocycles. The Morgan fingerprint density at radius 2 is 2.11 bits per heavy atom. The molecule has 0 aliphatic heterocycles. The Hall–Kier alpha value is -3.45. The Kier molecular flexibility index (Phi) is 5.63. The third kappa shape index (κ3) is 4.59. The second-order valence-corrected chi connectivity index (χ2v) is 6.76. The number of benzene rings is 1. The van der Waals surface area contributed by atoms with Gasteiger partial charge in [-0.05, 0) is 42.5 Å². The van der Waals surface area contributed by atoms with Crippen LogP contribution < -0.4 is 11.1 Å². The normalized spacial score (nSPS) is 10.8. The van der Waals surface area contributed by atoms with Crippen LogP contribution in [0.5, 0.6) is 5.75 Å². The zero-order valence-corrected chi connectivity index (χ0v) is 15.2. The van der Waals surface area contributed by atoms with Crippen molar-refractivity contribution >= 4 is 29.2 Å². The van der Waals surface area contributed by atoms with E-state index in [9.17, 15) is 9.90 Å². The topological polar surface area (TPSA) is 112 Å². The monoisotopic (exact) mass is 378 g/mol. The summed E-state index contributed by atoms with van der Waals surface area (Å²) in [6, 6.07) is 14.0. The highest BCUT2D eigenvalue weighted by atomic mass is 32.1. The first-order chi connectivity index (χ1) is 13.0. The van der Waals surface area contributed by atoms with Crippen molar-refractivity contribution in [3.63, 3.8) is 0 Å². The molecule has 3 aromatic rings. The molecular formula is C20H18N4O2S. The van der Waals surface area contributed by atoms with Crippen LogP contribution >= 0.6 is 11.3 Å². The van der Waals surface area contributed by atoms with Crippen LogP contribution in [-0.2, 0) is 0 Å². The maximum atomic E-state index is 12.3. The molecule has 6 nitrogen and oxygen atoms in total. The molecule has 5 N–H and O–H groups in total. The lowest BCUT2D eigenvalue weighted by atomic mass is 10.1. The van der Waals surface area contributed by atoms with Crippen molar-refractivity contribution in [1.29, 1.82) is 5.41 Å². The van der Waals surface area contributed by atoms with E-state index in [1.807, 2.05) is 24.3 Å². The Bertz CT molecular complexity index is 996. The molecule has 0 atom stereocenters. The Labute approximate surface area is 160 Å². The number of phenols is 1. The average Bonchev–Trinajstić information content (AvgIpc) is 3.17. The zero-order chi connectivity index (χ0) is 19.2. The van der Waals surface area contributed by atoms with Gasteiger partial charge in [0.2, 0.25) is 0 Å². The van der Waals surface area contributed by atoms with Gasteiger partial charge in [0.1, 0.15) is 11.6 Å². The number of hydrogen-bond acceptors (Lipinski definition) is 5. The molecule has 0 fully saturated rings. The summed E-state index contributed by atoms with van der Waals surface area (Å²) < 4.78 is 0. The first kappa shape index (κ1) is 18.3. The van der Waals surface area contributed by atoms with Gasteiger partial charge in [-0.15, -0.1) is 11.3 Å². The third-order valence-corrected chi connectivity index (χ3v) is 4.87. The predicted octanol–water partition coefficient (Wildman–Crippen LogP) is 3.24. The molecular weight excluding hydrogens is 360 g/mol. The van der Waals surface area contributed by atoms with Crippen LogP contribution in [0.1, 0.15) is 20.8 Å². The minimum Gasteiger partial charge on any atom is -0.507 e. The van der Waals surface area contributed by atoms with Gasteiger partial charge in [0.25, 0.3) is 5.91 Å². The number of nitrogens with zero attached hydrogens (tertiary/aromatic N) is 1. The fourth-order valence-electron chi connectivity index (χ4n) is 2.39. The number of rotatable bonds is 6. The zero-order valence-electron chi connectivity index (χ0n) is 14.3. The SMILES string of the molecule is N=C(N)c1ccc(O)c(C=CCNC(=O)c2ccc(-c3ccccn3)s2)c1. The predicted molar refractivity (Wildman–Crippen MR) is 108 cm³/mol. The highest BCUT2D eigenvalue weighted by Crippen LogP contribution is 2.26. The Morgan fingerprint density at radius 1 is 1.26 bits per heavy atom.